The molecular formula is C18H18FNO3. The molecule has 2 aromatic carbocycles. The van der Waals surface area contributed by atoms with Crippen molar-refractivity contribution in [2.24, 2.45) is 0 Å². The Morgan fingerprint density at radius 3 is 2.52 bits per heavy atom. The lowest BCUT2D eigenvalue weighted by Crippen LogP contribution is -2.31. The molecule has 5 heteroatoms. The Morgan fingerprint density at radius 1 is 1.13 bits per heavy atom. The molecule has 2 aromatic rings. The van der Waals surface area contributed by atoms with Crippen LogP contribution in [0, 0.1) is 5.82 Å². The number of halogens is 1. The van der Waals surface area contributed by atoms with Crippen LogP contribution in [-0.4, -0.2) is 19.0 Å². The Bertz CT molecular complexity index is 673. The van der Waals surface area contributed by atoms with E-state index in [0.717, 1.165) is 5.56 Å². The van der Waals surface area contributed by atoms with Crippen molar-refractivity contribution in [3.63, 3.8) is 0 Å². The maximum absolute atomic E-state index is 13.2. The van der Waals surface area contributed by atoms with E-state index < -0.39 is 12.0 Å². The molecule has 23 heavy (non-hydrogen) atoms. The molecule has 2 rings (SSSR count). The first-order valence-electron chi connectivity index (χ1n) is 7.24. The highest BCUT2D eigenvalue weighted by Crippen LogP contribution is 2.17. The van der Waals surface area contributed by atoms with Gasteiger partial charge in [-0.2, -0.15) is 0 Å². The molecule has 0 aliphatic carbocycles. The largest absolute Gasteiger partial charge is 0.469 e. The van der Waals surface area contributed by atoms with Crippen LogP contribution in [-0.2, 0) is 20.7 Å². The Labute approximate surface area is 134 Å². The highest BCUT2D eigenvalue weighted by atomic mass is 19.1. The summed E-state index contributed by atoms with van der Waals surface area (Å²) >= 11 is 0. The van der Waals surface area contributed by atoms with E-state index in [0.29, 0.717) is 5.56 Å². The Morgan fingerprint density at radius 2 is 1.87 bits per heavy atom. The highest BCUT2D eigenvalue weighted by molar-refractivity contribution is 5.80. The Hall–Kier alpha value is -2.69. The first-order chi connectivity index (χ1) is 11.1. The third kappa shape index (κ3) is 5.21. The number of rotatable bonds is 6. The lowest BCUT2D eigenvalue weighted by atomic mass is 10.0. The molecule has 0 saturated carbocycles. The molecule has 1 unspecified atom stereocenters. The lowest BCUT2D eigenvalue weighted by Gasteiger charge is -2.18. The molecule has 0 fully saturated rings. The summed E-state index contributed by atoms with van der Waals surface area (Å²) < 4.78 is 17.8. The van der Waals surface area contributed by atoms with Crippen LogP contribution in [0.1, 0.15) is 23.6 Å². The summed E-state index contributed by atoms with van der Waals surface area (Å²) in [5, 5.41) is 2.80. The van der Waals surface area contributed by atoms with Gasteiger partial charge >= 0.3 is 5.97 Å². The molecule has 1 N–H and O–H groups in total. The molecule has 0 saturated heterocycles. The third-order valence-electron chi connectivity index (χ3n) is 3.39. The van der Waals surface area contributed by atoms with Crippen molar-refractivity contribution in [2.75, 3.05) is 7.11 Å². The van der Waals surface area contributed by atoms with Gasteiger partial charge in [-0.05, 0) is 23.3 Å². The van der Waals surface area contributed by atoms with Crippen molar-refractivity contribution in [1.82, 2.24) is 5.32 Å². The topological polar surface area (TPSA) is 55.4 Å². The second-order valence-corrected chi connectivity index (χ2v) is 5.12. The van der Waals surface area contributed by atoms with Gasteiger partial charge in [0, 0.05) is 0 Å². The van der Waals surface area contributed by atoms with Crippen LogP contribution < -0.4 is 5.32 Å². The molecule has 0 aliphatic heterocycles. The fourth-order valence-corrected chi connectivity index (χ4v) is 2.27. The molecule has 1 atom stereocenters. The molecule has 4 nitrogen and oxygen atoms in total. The Balaban J connectivity index is 2.07. The van der Waals surface area contributed by atoms with Gasteiger partial charge < -0.3 is 10.1 Å². The molecule has 120 valence electrons. The average Bonchev–Trinajstić information content (AvgIpc) is 2.55. The average molecular weight is 315 g/mol. The minimum atomic E-state index is -0.482. The summed E-state index contributed by atoms with van der Waals surface area (Å²) in [6.45, 7) is 0. The zero-order valence-corrected chi connectivity index (χ0v) is 12.8. The number of methoxy groups -OCH3 is 1. The standard InChI is InChI=1S/C18H18FNO3/c1-23-18(22)12-16(14-7-3-2-4-8-14)20-17(21)11-13-6-5-9-15(19)10-13/h2-10,16H,11-12H2,1H3,(H,20,21). The molecular weight excluding hydrogens is 297 g/mol. The monoisotopic (exact) mass is 315 g/mol. The van der Waals surface area contributed by atoms with Crippen LogP contribution in [0.3, 0.4) is 0 Å². The number of benzene rings is 2. The van der Waals surface area contributed by atoms with Crippen LogP contribution in [0.2, 0.25) is 0 Å². The van der Waals surface area contributed by atoms with Gasteiger partial charge in [0.25, 0.3) is 0 Å². The van der Waals surface area contributed by atoms with Gasteiger partial charge in [-0.3, -0.25) is 9.59 Å². The molecule has 0 radical (unpaired) electrons. The second kappa shape index (κ2) is 8.08. The predicted molar refractivity (Wildman–Crippen MR) is 84.1 cm³/mol. The molecule has 0 aromatic heterocycles. The zero-order chi connectivity index (χ0) is 16.7. The van der Waals surface area contributed by atoms with Gasteiger partial charge in [0.15, 0.2) is 0 Å². The number of esters is 1. The van der Waals surface area contributed by atoms with E-state index in [1.54, 1.807) is 12.1 Å². The van der Waals surface area contributed by atoms with Crippen molar-refractivity contribution >= 4 is 11.9 Å². The first kappa shape index (κ1) is 16.7. The highest BCUT2D eigenvalue weighted by Gasteiger charge is 2.18. The van der Waals surface area contributed by atoms with E-state index in [4.69, 9.17) is 0 Å². The summed E-state index contributed by atoms with van der Waals surface area (Å²) in [7, 11) is 1.30. The van der Waals surface area contributed by atoms with Crippen molar-refractivity contribution in [2.45, 2.75) is 18.9 Å². The van der Waals surface area contributed by atoms with Gasteiger partial charge in [-0.15, -0.1) is 0 Å². The number of carbonyl (C=O) groups is 2. The van der Waals surface area contributed by atoms with Gasteiger partial charge in [0.05, 0.1) is 26.0 Å². The molecule has 0 spiro atoms. The molecule has 0 bridgehead atoms. The molecule has 0 aliphatic rings. The van der Waals surface area contributed by atoms with Gasteiger partial charge in [0.2, 0.25) is 5.91 Å². The van der Waals surface area contributed by atoms with Crippen molar-refractivity contribution in [1.29, 1.82) is 0 Å². The van der Waals surface area contributed by atoms with E-state index in [2.05, 4.69) is 10.1 Å². The van der Waals surface area contributed by atoms with Crippen LogP contribution in [0.15, 0.2) is 54.6 Å². The first-order valence-corrected chi connectivity index (χ1v) is 7.24. The van der Waals surface area contributed by atoms with Crippen LogP contribution in [0.5, 0.6) is 0 Å². The summed E-state index contributed by atoms with van der Waals surface area (Å²) in [4.78, 5) is 23.7. The number of nitrogens with one attached hydrogen (secondary N) is 1. The molecule has 1 amide bonds. The van der Waals surface area contributed by atoms with Gasteiger partial charge in [0.1, 0.15) is 5.82 Å². The lowest BCUT2D eigenvalue weighted by molar-refractivity contribution is -0.141. The van der Waals surface area contributed by atoms with E-state index in [-0.39, 0.29) is 24.6 Å². The van der Waals surface area contributed by atoms with Gasteiger partial charge in [-0.25, -0.2) is 4.39 Å². The van der Waals surface area contributed by atoms with Crippen LogP contribution in [0.4, 0.5) is 4.39 Å². The fraction of sp³-hybridized carbons (Fsp3) is 0.222. The number of hydrogen-bond acceptors (Lipinski definition) is 3. The van der Waals surface area contributed by atoms with Crippen LogP contribution >= 0.6 is 0 Å². The normalized spacial score (nSPS) is 11.6. The molecule has 0 heterocycles. The van der Waals surface area contributed by atoms with E-state index >= 15 is 0 Å². The Kier molecular flexibility index (Phi) is 5.86. The quantitative estimate of drug-likeness (QED) is 0.834. The summed E-state index contributed by atoms with van der Waals surface area (Å²) in [5.74, 6) is -1.08. The van der Waals surface area contributed by atoms with E-state index in [1.165, 1.54) is 19.2 Å². The number of carbonyl (C=O) groups excluding carboxylic acids is 2. The number of ether oxygens (including phenoxy) is 1. The van der Waals surface area contributed by atoms with Crippen molar-refractivity contribution in [3.05, 3.63) is 71.5 Å². The minimum absolute atomic E-state index is 0.0371. The van der Waals surface area contributed by atoms with Crippen LogP contribution in [0.25, 0.3) is 0 Å². The second-order valence-electron chi connectivity index (χ2n) is 5.12. The van der Waals surface area contributed by atoms with E-state index in [1.807, 2.05) is 30.3 Å². The SMILES string of the molecule is COC(=O)CC(NC(=O)Cc1cccc(F)c1)c1ccccc1. The maximum Gasteiger partial charge on any atom is 0.307 e. The maximum atomic E-state index is 13.2. The third-order valence-corrected chi connectivity index (χ3v) is 3.39. The van der Waals surface area contributed by atoms with Crippen molar-refractivity contribution in [3.8, 4) is 0 Å². The number of amides is 1. The summed E-state index contributed by atoms with van der Waals surface area (Å²) in [6.07, 6.45) is 0.0810. The minimum Gasteiger partial charge on any atom is -0.469 e. The number of hydrogen-bond donors (Lipinski definition) is 1. The summed E-state index contributed by atoms with van der Waals surface area (Å²) in [5.41, 5.74) is 1.39. The fourth-order valence-electron chi connectivity index (χ4n) is 2.27. The smallest absolute Gasteiger partial charge is 0.307 e. The predicted octanol–water partition coefficient (Wildman–Crippen LogP) is 2.79. The summed E-state index contributed by atoms with van der Waals surface area (Å²) in [6, 6.07) is 14.6. The van der Waals surface area contributed by atoms with Crippen molar-refractivity contribution < 1.29 is 18.7 Å². The zero-order valence-electron chi connectivity index (χ0n) is 12.8. The van der Waals surface area contributed by atoms with Gasteiger partial charge in [-0.1, -0.05) is 42.5 Å². The van der Waals surface area contributed by atoms with E-state index in [9.17, 15) is 14.0 Å².